The number of primary sulfonamides is 1. The Labute approximate surface area is 110 Å². The van der Waals surface area contributed by atoms with Crippen molar-refractivity contribution < 1.29 is 8.42 Å². The van der Waals surface area contributed by atoms with Gasteiger partial charge in [0.2, 0.25) is 10.0 Å². The van der Waals surface area contributed by atoms with Crippen LogP contribution in [0.1, 0.15) is 0 Å². The first-order chi connectivity index (χ1) is 8.47. The number of halogens is 1. The largest absolute Gasteiger partial charge is 0.340 e. The summed E-state index contributed by atoms with van der Waals surface area (Å²) in [6, 6.07) is 9.82. The zero-order valence-electron chi connectivity index (χ0n) is 9.17. The van der Waals surface area contributed by atoms with E-state index in [4.69, 9.17) is 16.7 Å². The number of nitrogens with one attached hydrogen (secondary N) is 1. The number of benzene rings is 1. The van der Waals surface area contributed by atoms with Gasteiger partial charge in [0.15, 0.2) is 0 Å². The van der Waals surface area contributed by atoms with Crippen LogP contribution >= 0.6 is 11.6 Å². The highest BCUT2D eigenvalue weighted by molar-refractivity contribution is 7.89. The topological polar surface area (TPSA) is 85.1 Å². The van der Waals surface area contributed by atoms with Gasteiger partial charge in [-0.3, -0.25) is 0 Å². The summed E-state index contributed by atoms with van der Waals surface area (Å²) >= 11 is 5.78. The van der Waals surface area contributed by atoms with Gasteiger partial charge >= 0.3 is 0 Å². The summed E-state index contributed by atoms with van der Waals surface area (Å²) in [6.45, 7) is 0. The minimum Gasteiger partial charge on any atom is -0.340 e. The minimum atomic E-state index is -3.84. The molecule has 0 atom stereocenters. The summed E-state index contributed by atoms with van der Waals surface area (Å²) in [5, 5.41) is 8.11. The number of hydrogen-bond acceptors (Lipinski definition) is 4. The fourth-order valence-corrected chi connectivity index (χ4v) is 2.45. The van der Waals surface area contributed by atoms with Crippen LogP contribution in [0.25, 0.3) is 0 Å². The van der Waals surface area contributed by atoms with Crippen molar-refractivity contribution in [2.75, 3.05) is 5.32 Å². The molecule has 0 unspecified atom stereocenters. The predicted molar refractivity (Wildman–Crippen MR) is 70.3 cm³/mol. The van der Waals surface area contributed by atoms with Gasteiger partial charge in [-0.05, 0) is 30.3 Å². The van der Waals surface area contributed by atoms with Crippen molar-refractivity contribution in [2.45, 2.75) is 4.90 Å². The van der Waals surface area contributed by atoms with Crippen molar-refractivity contribution in [1.82, 2.24) is 4.98 Å². The number of anilines is 2. The van der Waals surface area contributed by atoms with Crippen molar-refractivity contribution in [1.29, 1.82) is 0 Å². The second-order valence-corrected chi connectivity index (χ2v) is 5.47. The van der Waals surface area contributed by atoms with Crippen molar-refractivity contribution in [3.8, 4) is 0 Å². The Morgan fingerprint density at radius 1 is 1.22 bits per heavy atom. The molecule has 7 heteroatoms. The third-order valence-electron chi connectivity index (χ3n) is 2.18. The Morgan fingerprint density at radius 3 is 2.61 bits per heavy atom. The molecule has 1 aromatic heterocycles. The lowest BCUT2D eigenvalue weighted by Gasteiger charge is -2.08. The highest BCUT2D eigenvalue weighted by Crippen LogP contribution is 2.25. The Balaban J connectivity index is 2.37. The van der Waals surface area contributed by atoms with Gasteiger partial charge < -0.3 is 5.32 Å². The molecule has 0 spiro atoms. The van der Waals surface area contributed by atoms with Gasteiger partial charge in [-0.2, -0.15) is 0 Å². The highest BCUT2D eigenvalue weighted by atomic mass is 35.5. The molecule has 0 aliphatic carbocycles. The molecule has 5 nitrogen and oxygen atoms in total. The molecule has 0 amide bonds. The van der Waals surface area contributed by atoms with Crippen LogP contribution in [0.4, 0.5) is 11.5 Å². The average Bonchev–Trinajstić information content (AvgIpc) is 2.31. The van der Waals surface area contributed by atoms with Gasteiger partial charge in [0.1, 0.15) is 10.7 Å². The van der Waals surface area contributed by atoms with Crippen molar-refractivity contribution in [3.63, 3.8) is 0 Å². The smallest absolute Gasteiger partial charge is 0.239 e. The Morgan fingerprint density at radius 2 is 2.00 bits per heavy atom. The summed E-state index contributed by atoms with van der Waals surface area (Å²) in [5.41, 5.74) is 0.544. The summed E-state index contributed by atoms with van der Waals surface area (Å²) in [5.74, 6) is 0.597. The van der Waals surface area contributed by atoms with Gasteiger partial charge in [-0.25, -0.2) is 18.5 Å². The summed E-state index contributed by atoms with van der Waals surface area (Å²) in [6.07, 6.45) is 1.62. The van der Waals surface area contributed by atoms with Crippen molar-refractivity contribution in [2.24, 2.45) is 5.14 Å². The second kappa shape index (κ2) is 4.93. The van der Waals surface area contributed by atoms with Gasteiger partial charge in [0.05, 0.1) is 5.02 Å². The second-order valence-electron chi connectivity index (χ2n) is 3.53. The molecule has 94 valence electrons. The molecule has 0 saturated carbocycles. The maximum Gasteiger partial charge on any atom is 0.239 e. The maximum absolute atomic E-state index is 11.3. The minimum absolute atomic E-state index is 0.0871. The summed E-state index contributed by atoms with van der Waals surface area (Å²) in [4.78, 5) is 3.94. The molecular weight excluding hydrogens is 274 g/mol. The fraction of sp³-hybridized carbons (Fsp3) is 0. The molecule has 0 radical (unpaired) electrons. The quantitative estimate of drug-likeness (QED) is 0.903. The standard InChI is InChI=1S/C11H10ClN3O2S/c12-9-5-4-8(7-10(9)18(13,16)17)15-11-3-1-2-6-14-11/h1-7H,(H,14,15)(H2,13,16,17). The normalized spacial score (nSPS) is 11.2. The molecule has 0 aliphatic rings. The molecule has 18 heavy (non-hydrogen) atoms. The number of nitrogens with zero attached hydrogens (tertiary/aromatic N) is 1. The predicted octanol–water partition coefficient (Wildman–Crippen LogP) is 2.13. The van der Waals surface area contributed by atoms with E-state index >= 15 is 0 Å². The number of hydrogen-bond donors (Lipinski definition) is 2. The Bertz CT molecular complexity index is 659. The molecule has 0 aliphatic heterocycles. The van der Waals surface area contributed by atoms with E-state index in [-0.39, 0.29) is 9.92 Å². The van der Waals surface area contributed by atoms with Crippen molar-refractivity contribution in [3.05, 3.63) is 47.6 Å². The summed E-state index contributed by atoms with van der Waals surface area (Å²) in [7, 11) is -3.84. The molecule has 0 saturated heterocycles. The van der Waals surface area contributed by atoms with Crippen LogP contribution in [0.5, 0.6) is 0 Å². The first-order valence-electron chi connectivity index (χ1n) is 4.97. The van der Waals surface area contributed by atoms with E-state index in [1.54, 1.807) is 24.4 Å². The molecule has 3 N–H and O–H groups in total. The van der Waals surface area contributed by atoms with Gasteiger partial charge in [0, 0.05) is 11.9 Å². The lowest BCUT2D eigenvalue weighted by atomic mass is 10.3. The molecule has 2 aromatic rings. The van der Waals surface area contributed by atoms with Crippen LogP contribution in [0.15, 0.2) is 47.5 Å². The highest BCUT2D eigenvalue weighted by Gasteiger charge is 2.13. The van der Waals surface area contributed by atoms with E-state index in [2.05, 4.69) is 10.3 Å². The number of nitrogens with two attached hydrogens (primary N) is 1. The third-order valence-corrected chi connectivity index (χ3v) is 3.57. The lowest BCUT2D eigenvalue weighted by Crippen LogP contribution is -2.13. The SMILES string of the molecule is NS(=O)(=O)c1cc(Nc2ccccn2)ccc1Cl. The van der Waals surface area contributed by atoms with Crippen LogP contribution in [0, 0.1) is 0 Å². The number of rotatable bonds is 3. The maximum atomic E-state index is 11.3. The van der Waals surface area contributed by atoms with Crippen LogP contribution in [0.3, 0.4) is 0 Å². The monoisotopic (exact) mass is 283 g/mol. The average molecular weight is 284 g/mol. The van der Waals surface area contributed by atoms with Gasteiger partial charge in [0.25, 0.3) is 0 Å². The van der Waals surface area contributed by atoms with E-state index in [0.717, 1.165) is 0 Å². The molecule has 2 rings (SSSR count). The van der Waals surface area contributed by atoms with E-state index in [9.17, 15) is 8.42 Å². The molecule has 0 fully saturated rings. The van der Waals surface area contributed by atoms with E-state index in [0.29, 0.717) is 11.5 Å². The molecule has 0 bridgehead atoms. The van der Waals surface area contributed by atoms with Gasteiger partial charge in [-0.1, -0.05) is 17.7 Å². The number of sulfonamides is 1. The molecule has 1 aromatic carbocycles. The first-order valence-corrected chi connectivity index (χ1v) is 6.89. The third kappa shape index (κ3) is 2.98. The fourth-order valence-electron chi connectivity index (χ4n) is 1.38. The molecular formula is C11H10ClN3O2S. The number of aromatic nitrogens is 1. The molecule has 1 heterocycles. The van der Waals surface area contributed by atoms with Crippen LogP contribution in [0.2, 0.25) is 5.02 Å². The Kier molecular flexibility index (Phi) is 3.51. The van der Waals surface area contributed by atoms with Crippen LogP contribution in [-0.2, 0) is 10.0 Å². The summed E-state index contributed by atoms with van der Waals surface area (Å²) < 4.78 is 22.6. The first kappa shape index (κ1) is 12.8. The van der Waals surface area contributed by atoms with Crippen LogP contribution in [-0.4, -0.2) is 13.4 Å². The Hall–Kier alpha value is -1.63. The van der Waals surface area contributed by atoms with E-state index in [1.807, 2.05) is 6.07 Å². The zero-order chi connectivity index (χ0) is 13.2. The number of pyridine rings is 1. The van der Waals surface area contributed by atoms with E-state index < -0.39 is 10.0 Å². The van der Waals surface area contributed by atoms with Crippen LogP contribution < -0.4 is 10.5 Å². The lowest BCUT2D eigenvalue weighted by molar-refractivity contribution is 0.598. The van der Waals surface area contributed by atoms with Crippen molar-refractivity contribution >= 4 is 33.1 Å². The zero-order valence-corrected chi connectivity index (χ0v) is 10.7. The van der Waals surface area contributed by atoms with Gasteiger partial charge in [-0.15, -0.1) is 0 Å². The van der Waals surface area contributed by atoms with E-state index in [1.165, 1.54) is 12.1 Å².